The van der Waals surface area contributed by atoms with Crippen molar-refractivity contribution in [1.82, 2.24) is 19.8 Å². The maximum Gasteiger partial charge on any atom is 0.240 e. The van der Waals surface area contributed by atoms with Crippen molar-refractivity contribution in [2.24, 2.45) is 0 Å². The van der Waals surface area contributed by atoms with Crippen LogP contribution in [0.2, 0.25) is 0 Å². The number of fused-ring (bicyclic) bond motifs is 1. The molecule has 5 nitrogen and oxygen atoms in total. The Kier molecular flexibility index (Phi) is 6.37. The molecule has 0 aliphatic carbocycles. The van der Waals surface area contributed by atoms with Gasteiger partial charge in [-0.3, -0.25) is 4.79 Å². The third-order valence-corrected chi connectivity index (χ3v) is 5.35. The smallest absolute Gasteiger partial charge is 0.240 e. The highest BCUT2D eigenvalue weighted by atomic mass is 32.2. The molecule has 0 spiro atoms. The van der Waals surface area contributed by atoms with Gasteiger partial charge >= 0.3 is 0 Å². The van der Waals surface area contributed by atoms with E-state index in [-0.39, 0.29) is 5.91 Å². The summed E-state index contributed by atoms with van der Waals surface area (Å²) in [6, 6.07) is 8.36. The van der Waals surface area contributed by atoms with Crippen LogP contribution in [0.4, 0.5) is 0 Å². The van der Waals surface area contributed by atoms with Gasteiger partial charge in [0.1, 0.15) is 12.4 Å². The summed E-state index contributed by atoms with van der Waals surface area (Å²) in [5.74, 6) is 1.89. The molecule has 1 amide bonds. The van der Waals surface area contributed by atoms with Gasteiger partial charge in [0.05, 0.1) is 16.8 Å². The van der Waals surface area contributed by atoms with E-state index in [0.29, 0.717) is 12.6 Å². The zero-order valence-electron chi connectivity index (χ0n) is 15.2. The number of aromatic nitrogens is 2. The first-order valence-corrected chi connectivity index (χ1v) is 10.6. The quantitative estimate of drug-likeness (QED) is 0.825. The highest BCUT2D eigenvalue weighted by molar-refractivity contribution is 7.97. The fraction of sp³-hybridized carbons (Fsp3) is 0.579. The van der Waals surface area contributed by atoms with Crippen LogP contribution in [0.5, 0.6) is 0 Å². The highest BCUT2D eigenvalue weighted by Crippen LogP contribution is 2.19. The number of hydrogen-bond donors (Lipinski definition) is 1. The molecule has 1 aliphatic rings. The average Bonchev–Trinajstić information content (AvgIpc) is 2.95. The van der Waals surface area contributed by atoms with Gasteiger partial charge in [-0.25, -0.2) is 4.98 Å². The number of carbonyl (C=O) groups is 1. The lowest BCUT2D eigenvalue weighted by Crippen LogP contribution is -2.45. The zero-order chi connectivity index (χ0) is 17.6. The molecule has 0 saturated carbocycles. The summed E-state index contributed by atoms with van der Waals surface area (Å²) >= 11 is 1.73. The Morgan fingerprint density at radius 3 is 2.80 bits per heavy atom. The molecule has 1 fully saturated rings. The number of imidazole rings is 1. The largest absolute Gasteiger partial charge is 0.352 e. The summed E-state index contributed by atoms with van der Waals surface area (Å²) in [6.45, 7) is 5.91. The first kappa shape index (κ1) is 18.3. The second-order valence-electron chi connectivity index (χ2n) is 6.72. The number of amides is 1. The van der Waals surface area contributed by atoms with E-state index >= 15 is 0 Å². The summed E-state index contributed by atoms with van der Waals surface area (Å²) in [7, 11) is 0. The predicted octanol–water partition coefficient (Wildman–Crippen LogP) is 2.89. The minimum absolute atomic E-state index is 0.0967. The molecule has 1 aromatic heterocycles. The maximum atomic E-state index is 12.6. The molecule has 6 heteroatoms. The summed E-state index contributed by atoms with van der Waals surface area (Å²) in [6.07, 6.45) is 5.36. The number of carbonyl (C=O) groups excluding carboxylic acids is 1. The molecule has 0 radical (unpaired) electrons. The normalized spacial score (nSPS) is 16.4. The first-order chi connectivity index (χ1) is 12.2. The second kappa shape index (κ2) is 8.72. The zero-order valence-corrected chi connectivity index (χ0v) is 16.0. The number of likely N-dealkylation sites (tertiary alicyclic amines) is 1. The molecule has 0 bridgehead atoms. The molecule has 1 aliphatic heterocycles. The molecular formula is C19H28N4OS. The van der Waals surface area contributed by atoms with Gasteiger partial charge in [-0.2, -0.15) is 11.8 Å². The van der Waals surface area contributed by atoms with Crippen LogP contribution in [0.25, 0.3) is 11.0 Å². The van der Waals surface area contributed by atoms with Crippen LogP contribution in [0, 0.1) is 0 Å². The fourth-order valence-electron chi connectivity index (χ4n) is 3.58. The topological polar surface area (TPSA) is 50.2 Å². The van der Waals surface area contributed by atoms with Crippen molar-refractivity contribution in [3.8, 4) is 0 Å². The molecule has 1 N–H and O–H groups in total. The molecule has 0 unspecified atom stereocenters. The molecule has 0 atom stereocenters. The molecule has 25 heavy (non-hydrogen) atoms. The fourth-order valence-corrected chi connectivity index (χ4v) is 4.05. The number of rotatable bonds is 7. The van der Waals surface area contributed by atoms with Gasteiger partial charge in [0.15, 0.2) is 0 Å². The SMILES string of the molecule is CCCN1CCC(NC(=O)Cn2c(CSC)nc3ccccc32)CC1. The van der Waals surface area contributed by atoms with Crippen LogP contribution in [0.3, 0.4) is 0 Å². The van der Waals surface area contributed by atoms with E-state index in [1.807, 2.05) is 24.3 Å². The van der Waals surface area contributed by atoms with Crippen LogP contribution >= 0.6 is 11.8 Å². The summed E-state index contributed by atoms with van der Waals surface area (Å²) in [4.78, 5) is 19.8. The van der Waals surface area contributed by atoms with Gasteiger partial charge in [-0.15, -0.1) is 0 Å². The minimum atomic E-state index is 0.0967. The lowest BCUT2D eigenvalue weighted by atomic mass is 10.0. The molecule has 1 aromatic carbocycles. The van der Waals surface area contributed by atoms with E-state index in [9.17, 15) is 4.79 Å². The third kappa shape index (κ3) is 4.55. The number of piperidine rings is 1. The Balaban J connectivity index is 1.63. The van der Waals surface area contributed by atoms with Gasteiger partial charge in [-0.05, 0) is 44.2 Å². The Morgan fingerprint density at radius 1 is 1.32 bits per heavy atom. The second-order valence-corrected chi connectivity index (χ2v) is 7.59. The number of nitrogens with zero attached hydrogens (tertiary/aromatic N) is 3. The van der Waals surface area contributed by atoms with Gasteiger partial charge in [0, 0.05) is 19.1 Å². The molecule has 136 valence electrons. The molecular weight excluding hydrogens is 332 g/mol. The first-order valence-electron chi connectivity index (χ1n) is 9.16. The Bertz CT molecular complexity index is 707. The number of thioether (sulfide) groups is 1. The summed E-state index contributed by atoms with van der Waals surface area (Å²) in [5, 5.41) is 3.23. The van der Waals surface area contributed by atoms with Crippen molar-refractivity contribution in [3.05, 3.63) is 30.1 Å². The van der Waals surface area contributed by atoms with Gasteiger partial charge in [0.2, 0.25) is 5.91 Å². The van der Waals surface area contributed by atoms with Gasteiger partial charge in [0.25, 0.3) is 0 Å². The molecule has 2 heterocycles. The molecule has 2 aromatic rings. The van der Waals surface area contributed by atoms with Crippen molar-refractivity contribution >= 4 is 28.7 Å². The number of nitrogens with one attached hydrogen (secondary N) is 1. The standard InChI is InChI=1S/C19H28N4OS/c1-3-10-22-11-8-15(9-12-22)20-19(24)13-23-17-7-5-4-6-16(17)21-18(23)14-25-2/h4-7,15H,3,8-14H2,1-2H3,(H,20,24). The number of benzene rings is 1. The summed E-state index contributed by atoms with van der Waals surface area (Å²) in [5.41, 5.74) is 2.01. The van der Waals surface area contributed by atoms with Gasteiger partial charge < -0.3 is 14.8 Å². The monoisotopic (exact) mass is 360 g/mol. The van der Waals surface area contributed by atoms with Crippen molar-refractivity contribution in [2.45, 2.75) is 44.5 Å². The van der Waals surface area contributed by atoms with Crippen molar-refractivity contribution in [3.63, 3.8) is 0 Å². The lowest BCUT2D eigenvalue weighted by molar-refractivity contribution is -0.122. The Labute approximate surface area is 154 Å². The van der Waals surface area contributed by atoms with Crippen LogP contribution in [-0.4, -0.2) is 52.3 Å². The minimum Gasteiger partial charge on any atom is -0.352 e. The Hall–Kier alpha value is -1.53. The van der Waals surface area contributed by atoms with Crippen molar-refractivity contribution in [2.75, 3.05) is 25.9 Å². The van der Waals surface area contributed by atoms with E-state index in [2.05, 4.69) is 32.9 Å². The highest BCUT2D eigenvalue weighted by Gasteiger charge is 2.21. The number of hydrogen-bond acceptors (Lipinski definition) is 4. The van der Waals surface area contributed by atoms with E-state index in [0.717, 1.165) is 48.5 Å². The van der Waals surface area contributed by atoms with E-state index in [4.69, 9.17) is 0 Å². The predicted molar refractivity (Wildman–Crippen MR) is 105 cm³/mol. The average molecular weight is 361 g/mol. The van der Waals surface area contributed by atoms with E-state index in [1.54, 1.807) is 11.8 Å². The van der Waals surface area contributed by atoms with Crippen molar-refractivity contribution < 1.29 is 4.79 Å². The molecule has 3 rings (SSSR count). The van der Waals surface area contributed by atoms with Gasteiger partial charge in [-0.1, -0.05) is 19.1 Å². The van der Waals surface area contributed by atoms with Crippen LogP contribution in [-0.2, 0) is 17.1 Å². The third-order valence-electron chi connectivity index (χ3n) is 4.80. The van der Waals surface area contributed by atoms with Crippen LogP contribution in [0.15, 0.2) is 24.3 Å². The van der Waals surface area contributed by atoms with Crippen LogP contribution < -0.4 is 5.32 Å². The van der Waals surface area contributed by atoms with E-state index in [1.165, 1.54) is 13.0 Å². The number of para-hydroxylation sites is 2. The summed E-state index contributed by atoms with van der Waals surface area (Å²) < 4.78 is 2.06. The van der Waals surface area contributed by atoms with Crippen LogP contribution in [0.1, 0.15) is 32.0 Å². The van der Waals surface area contributed by atoms with Crippen molar-refractivity contribution in [1.29, 1.82) is 0 Å². The molecule has 1 saturated heterocycles. The lowest BCUT2D eigenvalue weighted by Gasteiger charge is -2.32. The Morgan fingerprint density at radius 2 is 2.08 bits per heavy atom. The van der Waals surface area contributed by atoms with E-state index < -0.39 is 0 Å². The maximum absolute atomic E-state index is 12.6.